The molecule has 0 radical (unpaired) electrons. The first kappa shape index (κ1) is 15.8. The van der Waals surface area contributed by atoms with E-state index in [4.69, 9.17) is 22.6 Å². The minimum atomic E-state index is -0.524. The van der Waals surface area contributed by atoms with Crippen molar-refractivity contribution in [2.45, 2.75) is 0 Å². The van der Waals surface area contributed by atoms with Crippen molar-refractivity contribution in [1.82, 2.24) is 9.97 Å². The van der Waals surface area contributed by atoms with Crippen molar-refractivity contribution < 1.29 is 5.11 Å². The maximum absolute atomic E-state index is 12.1. The van der Waals surface area contributed by atoms with Gasteiger partial charge < -0.3 is 15.8 Å². The Morgan fingerprint density at radius 1 is 1.54 bits per heavy atom. The van der Waals surface area contributed by atoms with E-state index < -0.39 is 5.56 Å². The molecule has 8 nitrogen and oxygen atoms in total. The SMILES string of the molecule is N#Cc1sc(N/N=C\c2c(O)c3ccc(Cl)cc3[nH]c2=O)nc1N. The molecule has 0 amide bonds. The second-order valence-electron chi connectivity index (χ2n) is 4.62. The van der Waals surface area contributed by atoms with Gasteiger partial charge in [-0.15, -0.1) is 0 Å². The van der Waals surface area contributed by atoms with Crippen LogP contribution in [0.4, 0.5) is 10.9 Å². The third kappa shape index (κ3) is 2.88. The molecular formula is C14H9ClN6O2S. The monoisotopic (exact) mass is 360 g/mol. The Balaban J connectivity index is 1.93. The fraction of sp³-hybridized carbons (Fsp3) is 0. The van der Waals surface area contributed by atoms with Gasteiger partial charge in [-0.05, 0) is 18.2 Å². The number of fused-ring (bicyclic) bond motifs is 1. The third-order valence-electron chi connectivity index (χ3n) is 3.09. The minimum absolute atomic E-state index is 0.0256. The number of rotatable bonds is 3. The van der Waals surface area contributed by atoms with Crippen LogP contribution in [0.2, 0.25) is 5.02 Å². The highest BCUT2D eigenvalue weighted by Crippen LogP contribution is 2.26. The van der Waals surface area contributed by atoms with Crippen LogP contribution >= 0.6 is 22.9 Å². The first-order valence-corrected chi connectivity index (χ1v) is 7.69. The number of hydrogen-bond acceptors (Lipinski definition) is 8. The number of pyridine rings is 1. The molecule has 0 fully saturated rings. The van der Waals surface area contributed by atoms with Crippen molar-refractivity contribution in [2.24, 2.45) is 5.10 Å². The molecule has 24 heavy (non-hydrogen) atoms. The molecule has 0 saturated heterocycles. The Kier molecular flexibility index (Phi) is 4.07. The van der Waals surface area contributed by atoms with E-state index in [0.717, 1.165) is 17.6 Å². The fourth-order valence-corrected chi connectivity index (χ4v) is 2.80. The summed E-state index contributed by atoms with van der Waals surface area (Å²) in [6.07, 6.45) is 1.16. The van der Waals surface area contributed by atoms with E-state index in [1.54, 1.807) is 18.2 Å². The van der Waals surface area contributed by atoms with Crippen LogP contribution < -0.4 is 16.7 Å². The quantitative estimate of drug-likeness (QED) is 0.417. The van der Waals surface area contributed by atoms with Crippen LogP contribution in [0.15, 0.2) is 28.1 Å². The highest BCUT2D eigenvalue weighted by molar-refractivity contribution is 7.16. The third-order valence-corrected chi connectivity index (χ3v) is 4.21. The number of aromatic hydroxyl groups is 1. The van der Waals surface area contributed by atoms with Crippen LogP contribution in [0, 0.1) is 11.3 Å². The normalized spacial score (nSPS) is 11.0. The number of nitrogens with zero attached hydrogens (tertiary/aromatic N) is 3. The van der Waals surface area contributed by atoms with Crippen molar-refractivity contribution in [3.8, 4) is 11.8 Å². The van der Waals surface area contributed by atoms with Crippen LogP contribution in [0.5, 0.6) is 5.75 Å². The number of hydrazone groups is 1. The number of nitriles is 1. The molecular weight excluding hydrogens is 352 g/mol. The molecule has 0 saturated carbocycles. The number of anilines is 2. The first-order valence-electron chi connectivity index (χ1n) is 6.49. The molecule has 0 aliphatic carbocycles. The van der Waals surface area contributed by atoms with E-state index >= 15 is 0 Å². The second-order valence-corrected chi connectivity index (χ2v) is 6.06. The number of nitrogen functional groups attached to an aromatic ring is 1. The molecule has 0 atom stereocenters. The fourth-order valence-electron chi connectivity index (χ4n) is 2.00. The Morgan fingerprint density at radius 3 is 3.04 bits per heavy atom. The Bertz CT molecular complexity index is 1070. The van der Waals surface area contributed by atoms with Crippen molar-refractivity contribution in [3.63, 3.8) is 0 Å². The van der Waals surface area contributed by atoms with E-state index in [0.29, 0.717) is 21.1 Å². The summed E-state index contributed by atoms with van der Waals surface area (Å²) in [7, 11) is 0. The van der Waals surface area contributed by atoms with Gasteiger partial charge in [-0.25, -0.2) is 4.98 Å². The summed E-state index contributed by atoms with van der Waals surface area (Å²) in [6, 6.07) is 6.63. The van der Waals surface area contributed by atoms with E-state index in [2.05, 4.69) is 20.5 Å². The van der Waals surface area contributed by atoms with Crippen LogP contribution in [0.3, 0.4) is 0 Å². The summed E-state index contributed by atoms with van der Waals surface area (Å²) in [5, 5.41) is 24.1. The molecule has 1 aromatic carbocycles. The highest BCUT2D eigenvalue weighted by atomic mass is 35.5. The number of aromatic nitrogens is 2. The summed E-state index contributed by atoms with van der Waals surface area (Å²) in [5.41, 5.74) is 7.97. The molecule has 0 bridgehead atoms. The van der Waals surface area contributed by atoms with Gasteiger partial charge in [0.05, 0.1) is 11.7 Å². The van der Waals surface area contributed by atoms with Gasteiger partial charge in [-0.1, -0.05) is 22.9 Å². The van der Waals surface area contributed by atoms with Gasteiger partial charge in [0.1, 0.15) is 17.4 Å². The molecule has 5 N–H and O–H groups in total. The van der Waals surface area contributed by atoms with Gasteiger partial charge in [0.15, 0.2) is 10.7 Å². The van der Waals surface area contributed by atoms with Crippen LogP contribution in [-0.2, 0) is 0 Å². The van der Waals surface area contributed by atoms with E-state index in [1.807, 2.05) is 6.07 Å². The lowest BCUT2D eigenvalue weighted by molar-refractivity contribution is 0.479. The number of nitrogens with two attached hydrogens (primary N) is 1. The minimum Gasteiger partial charge on any atom is -0.506 e. The molecule has 0 aliphatic heterocycles. The molecule has 0 spiro atoms. The Morgan fingerprint density at radius 2 is 2.33 bits per heavy atom. The van der Waals surface area contributed by atoms with Gasteiger partial charge >= 0.3 is 0 Å². The summed E-state index contributed by atoms with van der Waals surface area (Å²) in [6.45, 7) is 0. The highest BCUT2D eigenvalue weighted by Gasteiger charge is 2.11. The van der Waals surface area contributed by atoms with E-state index in [9.17, 15) is 9.90 Å². The predicted octanol–water partition coefficient (Wildman–Crippen LogP) is 2.24. The first-order chi connectivity index (χ1) is 11.5. The number of aromatic amines is 1. The summed E-state index contributed by atoms with van der Waals surface area (Å²) < 4.78 is 0. The molecule has 2 heterocycles. The van der Waals surface area contributed by atoms with Crippen LogP contribution in [-0.4, -0.2) is 21.3 Å². The Hall–Kier alpha value is -3.09. The molecule has 3 aromatic rings. The largest absolute Gasteiger partial charge is 0.506 e. The summed E-state index contributed by atoms with van der Waals surface area (Å²) >= 11 is 6.88. The molecule has 120 valence electrons. The topological polar surface area (TPSA) is 140 Å². The molecule has 0 unspecified atom stereocenters. The number of hydrogen-bond donors (Lipinski definition) is 4. The number of thiazole rings is 1. The average Bonchev–Trinajstić information content (AvgIpc) is 2.90. The lowest BCUT2D eigenvalue weighted by Gasteiger charge is -2.04. The zero-order valence-corrected chi connectivity index (χ0v) is 13.4. The van der Waals surface area contributed by atoms with Crippen LogP contribution in [0.1, 0.15) is 10.4 Å². The molecule has 0 aliphatic rings. The standard InChI is InChI=1S/C14H9ClN6O2S/c15-6-1-2-7-9(3-6)19-13(23)8(11(7)22)5-18-21-14-20-12(17)10(4-16)24-14/h1-3,5H,17H2,(H,20,21)(H2,19,22,23)/b18-5-. The lowest BCUT2D eigenvalue weighted by Crippen LogP contribution is -2.12. The number of nitrogens with one attached hydrogen (secondary N) is 2. The van der Waals surface area contributed by atoms with Crippen LogP contribution in [0.25, 0.3) is 10.9 Å². The van der Waals surface area contributed by atoms with Crippen molar-refractivity contribution in [2.75, 3.05) is 11.2 Å². The number of H-pyrrole nitrogens is 1. The average molecular weight is 361 g/mol. The lowest BCUT2D eigenvalue weighted by atomic mass is 10.1. The summed E-state index contributed by atoms with van der Waals surface area (Å²) in [4.78, 5) is 18.8. The van der Waals surface area contributed by atoms with Crippen molar-refractivity contribution in [3.05, 3.63) is 44.0 Å². The second kappa shape index (κ2) is 6.19. The summed E-state index contributed by atoms with van der Waals surface area (Å²) in [5.74, 6) is -0.115. The Labute approximate surface area is 143 Å². The van der Waals surface area contributed by atoms with Crippen molar-refractivity contribution >= 4 is 51.0 Å². The van der Waals surface area contributed by atoms with Gasteiger partial charge in [0.25, 0.3) is 5.56 Å². The zero-order chi connectivity index (χ0) is 17.3. The predicted molar refractivity (Wildman–Crippen MR) is 93.7 cm³/mol. The number of benzene rings is 1. The smallest absolute Gasteiger partial charge is 0.261 e. The molecule has 2 aromatic heterocycles. The van der Waals surface area contributed by atoms with E-state index in [1.165, 1.54) is 0 Å². The maximum atomic E-state index is 12.1. The van der Waals surface area contributed by atoms with Gasteiger partial charge in [-0.3, -0.25) is 10.2 Å². The van der Waals surface area contributed by atoms with Gasteiger partial charge in [0, 0.05) is 10.4 Å². The van der Waals surface area contributed by atoms with E-state index in [-0.39, 0.29) is 22.0 Å². The van der Waals surface area contributed by atoms with Gasteiger partial charge in [0.2, 0.25) is 5.13 Å². The van der Waals surface area contributed by atoms with Crippen molar-refractivity contribution in [1.29, 1.82) is 5.26 Å². The zero-order valence-electron chi connectivity index (χ0n) is 11.9. The van der Waals surface area contributed by atoms with Gasteiger partial charge in [-0.2, -0.15) is 10.4 Å². The molecule has 10 heteroatoms. The number of halogens is 1. The molecule has 3 rings (SSSR count). The maximum Gasteiger partial charge on any atom is 0.261 e.